The van der Waals surface area contributed by atoms with Crippen LogP contribution in [0.2, 0.25) is 0 Å². The molecule has 7 rings (SSSR count). The van der Waals surface area contributed by atoms with Gasteiger partial charge in [-0.1, -0.05) is 152 Å². The minimum absolute atomic E-state index is 0.0267. The highest BCUT2D eigenvalue weighted by molar-refractivity contribution is 5.88. The molecule has 0 aliphatic heterocycles. The second-order valence-corrected chi connectivity index (χ2v) is 19.4. The van der Waals surface area contributed by atoms with Crippen LogP contribution >= 0.6 is 0 Å². The molecular weight excluding hydrogens is 857 g/mol. The fraction of sp³-hybridized carbons (Fsp3) is 0.383. The summed E-state index contributed by atoms with van der Waals surface area (Å²) in [6.07, 6.45) is 18.0. The van der Waals surface area contributed by atoms with E-state index in [1.807, 2.05) is 67.6 Å². The van der Waals surface area contributed by atoms with Gasteiger partial charge in [0.1, 0.15) is 13.2 Å². The van der Waals surface area contributed by atoms with Crippen LogP contribution in [0.1, 0.15) is 114 Å². The molecule has 4 aromatic rings. The molecule has 0 atom stereocenters. The van der Waals surface area contributed by atoms with Crippen LogP contribution in [0, 0.1) is 5.41 Å². The average Bonchev–Trinajstić information content (AvgIpc) is 3.84. The number of rotatable bonds is 22. The van der Waals surface area contributed by atoms with Crippen LogP contribution in [0.3, 0.4) is 0 Å². The van der Waals surface area contributed by atoms with Crippen molar-refractivity contribution in [2.45, 2.75) is 91.4 Å². The first-order valence-electron chi connectivity index (χ1n) is 25.1. The Morgan fingerprint density at radius 2 is 1.19 bits per heavy atom. The van der Waals surface area contributed by atoms with Gasteiger partial charge in [-0.05, 0) is 140 Å². The fourth-order valence-electron chi connectivity index (χ4n) is 10.1. The average molecular weight is 929 g/mol. The van der Waals surface area contributed by atoms with E-state index in [-0.39, 0.29) is 35.9 Å². The van der Waals surface area contributed by atoms with Gasteiger partial charge in [-0.3, -0.25) is 4.79 Å². The van der Waals surface area contributed by atoms with E-state index in [1.54, 1.807) is 11.0 Å². The maximum atomic E-state index is 13.8. The van der Waals surface area contributed by atoms with E-state index in [4.69, 9.17) is 9.47 Å². The zero-order valence-corrected chi connectivity index (χ0v) is 41.5. The van der Waals surface area contributed by atoms with E-state index < -0.39 is 6.09 Å². The molecule has 3 aliphatic rings. The molecule has 9 heteroatoms. The number of hydrogen-bond acceptors (Lipinski definition) is 6. The second kappa shape index (κ2) is 24.7. The normalized spacial score (nSPS) is 15.5. The number of nitrogens with zero attached hydrogens (tertiary/aromatic N) is 1. The summed E-state index contributed by atoms with van der Waals surface area (Å²) in [5, 5.41) is 9.37. The highest BCUT2D eigenvalue weighted by Gasteiger charge is 2.31. The molecule has 4 aromatic carbocycles. The predicted octanol–water partition coefficient (Wildman–Crippen LogP) is 12.6. The molecule has 3 aliphatic carbocycles. The van der Waals surface area contributed by atoms with Gasteiger partial charge in [-0.2, -0.15) is 0 Å². The van der Waals surface area contributed by atoms with Gasteiger partial charge in [-0.25, -0.2) is 9.59 Å². The third-order valence-electron chi connectivity index (χ3n) is 13.8. The van der Waals surface area contributed by atoms with Gasteiger partial charge in [0.15, 0.2) is 0 Å². The number of amides is 3. The third kappa shape index (κ3) is 13.6. The molecular formula is C60H72N4O5. The van der Waals surface area contributed by atoms with Crippen molar-refractivity contribution in [2.24, 2.45) is 5.41 Å². The molecule has 0 fully saturated rings. The molecule has 69 heavy (non-hydrogen) atoms. The summed E-state index contributed by atoms with van der Waals surface area (Å²) in [7, 11) is 0. The van der Waals surface area contributed by atoms with Crippen LogP contribution in [-0.4, -0.2) is 75.5 Å². The second-order valence-electron chi connectivity index (χ2n) is 19.4. The number of carbonyl (C=O) groups is 3. The van der Waals surface area contributed by atoms with E-state index >= 15 is 0 Å². The van der Waals surface area contributed by atoms with Gasteiger partial charge in [0.25, 0.3) is 0 Å². The summed E-state index contributed by atoms with van der Waals surface area (Å²) in [5.74, 6) is -0.156. The number of benzene rings is 4. The molecule has 0 aromatic heterocycles. The van der Waals surface area contributed by atoms with Crippen molar-refractivity contribution in [2.75, 3.05) is 52.5 Å². The summed E-state index contributed by atoms with van der Waals surface area (Å²) < 4.78 is 11.8. The molecule has 0 saturated carbocycles. The molecule has 3 amide bonds. The number of allylic oxidation sites excluding steroid dienone is 9. The van der Waals surface area contributed by atoms with Crippen molar-refractivity contribution in [3.8, 4) is 22.3 Å². The fourth-order valence-corrected chi connectivity index (χ4v) is 10.1. The largest absolute Gasteiger partial charge is 0.449 e. The SMILES string of the molecule is CC1=C(/C=C/C(C)=C/C=C/C(C)=C/C(=O)NCCCN(CCCCNCCCNC(=O)OCC2c3ccccc3-c3ccccc32)C(=O)OCC2c3ccccc3-c3ccccc32)C(C)(C)CCC1. The Labute approximate surface area is 410 Å². The van der Waals surface area contributed by atoms with Crippen molar-refractivity contribution < 1.29 is 23.9 Å². The van der Waals surface area contributed by atoms with Crippen LogP contribution in [0.25, 0.3) is 22.3 Å². The molecule has 362 valence electrons. The van der Waals surface area contributed by atoms with Crippen molar-refractivity contribution >= 4 is 18.1 Å². The number of alkyl carbamates (subject to hydrolysis) is 1. The van der Waals surface area contributed by atoms with Crippen LogP contribution in [0.4, 0.5) is 9.59 Å². The topological polar surface area (TPSA) is 109 Å². The monoisotopic (exact) mass is 929 g/mol. The molecule has 0 radical (unpaired) electrons. The van der Waals surface area contributed by atoms with Crippen molar-refractivity contribution in [3.63, 3.8) is 0 Å². The van der Waals surface area contributed by atoms with Crippen LogP contribution in [-0.2, 0) is 14.3 Å². The van der Waals surface area contributed by atoms with Gasteiger partial charge in [0, 0.05) is 44.1 Å². The Morgan fingerprint density at radius 1 is 0.652 bits per heavy atom. The minimum Gasteiger partial charge on any atom is -0.449 e. The van der Waals surface area contributed by atoms with Gasteiger partial charge in [0.2, 0.25) is 5.91 Å². The van der Waals surface area contributed by atoms with E-state index in [2.05, 4.69) is 110 Å². The zero-order valence-electron chi connectivity index (χ0n) is 41.5. The minimum atomic E-state index is -0.405. The Balaban J connectivity index is 0.832. The van der Waals surface area contributed by atoms with Gasteiger partial charge in [0.05, 0.1) is 0 Å². The van der Waals surface area contributed by atoms with E-state index in [0.29, 0.717) is 39.2 Å². The molecule has 0 saturated heterocycles. The molecule has 0 unspecified atom stereocenters. The van der Waals surface area contributed by atoms with E-state index in [1.165, 1.54) is 74.9 Å². The Hall–Kier alpha value is -6.45. The summed E-state index contributed by atoms with van der Waals surface area (Å²) >= 11 is 0. The lowest BCUT2D eigenvalue weighted by molar-refractivity contribution is -0.116. The summed E-state index contributed by atoms with van der Waals surface area (Å²) in [4.78, 5) is 41.0. The lowest BCUT2D eigenvalue weighted by atomic mass is 9.72. The lowest BCUT2D eigenvalue weighted by Crippen LogP contribution is -2.36. The molecule has 9 nitrogen and oxygen atoms in total. The number of hydrogen-bond donors (Lipinski definition) is 3. The highest BCUT2D eigenvalue weighted by Crippen LogP contribution is 2.46. The summed E-state index contributed by atoms with van der Waals surface area (Å²) in [6, 6.07) is 33.3. The number of ether oxygens (including phenoxy) is 2. The maximum Gasteiger partial charge on any atom is 0.409 e. The van der Waals surface area contributed by atoms with E-state index in [0.717, 1.165) is 43.5 Å². The Kier molecular flexibility index (Phi) is 18.1. The summed E-state index contributed by atoms with van der Waals surface area (Å²) in [6.45, 7) is 14.9. The quantitative estimate of drug-likeness (QED) is 0.0411. The van der Waals surface area contributed by atoms with Crippen molar-refractivity contribution in [3.05, 3.63) is 178 Å². The lowest BCUT2D eigenvalue weighted by Gasteiger charge is -2.32. The molecule has 3 N–H and O–H groups in total. The first-order chi connectivity index (χ1) is 33.5. The number of unbranched alkanes of at least 4 members (excludes halogenated alkanes) is 1. The van der Waals surface area contributed by atoms with Gasteiger partial charge in [-0.15, -0.1) is 0 Å². The number of carbonyl (C=O) groups excluding carboxylic acids is 3. The zero-order chi connectivity index (χ0) is 48.6. The first-order valence-corrected chi connectivity index (χ1v) is 25.1. The first kappa shape index (κ1) is 50.4. The summed E-state index contributed by atoms with van der Waals surface area (Å²) in [5.41, 5.74) is 14.7. The van der Waals surface area contributed by atoms with Gasteiger partial charge >= 0.3 is 12.2 Å². The number of nitrogens with one attached hydrogen (secondary N) is 3. The predicted molar refractivity (Wildman–Crippen MR) is 280 cm³/mol. The van der Waals surface area contributed by atoms with Gasteiger partial charge < -0.3 is 30.3 Å². The maximum absolute atomic E-state index is 13.8. The molecule has 0 bridgehead atoms. The smallest absolute Gasteiger partial charge is 0.409 e. The molecule has 0 heterocycles. The van der Waals surface area contributed by atoms with Crippen LogP contribution in [0.15, 0.2) is 156 Å². The molecule has 0 spiro atoms. The Morgan fingerprint density at radius 3 is 1.78 bits per heavy atom. The number of fused-ring (bicyclic) bond motifs is 6. The highest BCUT2D eigenvalue weighted by atomic mass is 16.6. The van der Waals surface area contributed by atoms with Crippen molar-refractivity contribution in [1.82, 2.24) is 20.9 Å². The van der Waals surface area contributed by atoms with E-state index in [9.17, 15) is 14.4 Å². The standard InChI is InChI=1S/C60H72N4O5/c1-43(31-32-56-45(3)22-17-33-60(56,4)5)20-16-21-44(2)40-57(65)62-37-19-39-64(59(67)69-42-55-52-29-12-8-25-48(52)49-26-9-13-30-53(49)55)38-15-14-34-61-35-18-36-63-58(66)68-41-54-50-27-10-6-23-46(50)47-24-7-11-28-51(47)54/h6-13,16,20-21,23-32,40,54-55,61H,14-15,17-19,22,33-39,41-42H2,1-5H3,(H,62,65)(H,63,66)/b21-16+,32-31+,43-20+,44-40+. The van der Waals surface area contributed by atoms with Crippen LogP contribution < -0.4 is 16.0 Å². The van der Waals surface area contributed by atoms with Crippen molar-refractivity contribution in [1.29, 1.82) is 0 Å². The Bertz CT molecular complexity index is 2490. The third-order valence-corrected chi connectivity index (χ3v) is 13.8. The van der Waals surface area contributed by atoms with Crippen LogP contribution in [0.5, 0.6) is 0 Å².